The van der Waals surface area contributed by atoms with Crippen LogP contribution >= 0.6 is 0 Å². The van der Waals surface area contributed by atoms with Gasteiger partial charge in [-0.2, -0.15) is 0 Å². The Labute approximate surface area is 294 Å². The van der Waals surface area contributed by atoms with Gasteiger partial charge >= 0.3 is 17.9 Å². The minimum absolute atomic E-state index is 0.0479. The van der Waals surface area contributed by atoms with Crippen molar-refractivity contribution in [1.82, 2.24) is 10.6 Å². The van der Waals surface area contributed by atoms with Crippen molar-refractivity contribution in [3.8, 4) is 0 Å². The standard InChI is InChI=1S/C14H25NO6.C11H19NO5.C8H12O4/c1-12(16)4-3-8-20-10-11-21-9-7-15-13(17)5-6-14(18)19-2;1-9(13)4-3-6-17-7-5-12-10(14)8-11(15)16-2;1-6(9)3-4-7(10)5-8(11)12-2/h3-11H2,1-2H3,(H,15,17);3-8H2,1-2H3,(H,12,14);3-5H2,1-2H3. The van der Waals surface area contributed by atoms with E-state index in [2.05, 4.69) is 24.8 Å². The van der Waals surface area contributed by atoms with Gasteiger partial charge in [0.1, 0.15) is 36.0 Å². The highest BCUT2D eigenvalue weighted by atomic mass is 16.5. The topological polar surface area (TPSA) is 233 Å². The largest absolute Gasteiger partial charge is 0.469 e. The fraction of sp³-hybridized carbons (Fsp3) is 0.727. The Hall–Kier alpha value is -4.09. The van der Waals surface area contributed by atoms with Crippen LogP contribution in [-0.2, 0) is 71.6 Å². The van der Waals surface area contributed by atoms with Gasteiger partial charge in [-0.1, -0.05) is 0 Å². The molecular formula is C33H56N2O15. The maximum atomic E-state index is 11.3. The van der Waals surface area contributed by atoms with Gasteiger partial charge < -0.3 is 53.4 Å². The predicted molar refractivity (Wildman–Crippen MR) is 178 cm³/mol. The van der Waals surface area contributed by atoms with Gasteiger partial charge in [-0.25, -0.2) is 0 Å². The summed E-state index contributed by atoms with van der Waals surface area (Å²) in [5.74, 6) is -2.10. The Balaban J connectivity index is -0.000000688. The first-order valence-electron chi connectivity index (χ1n) is 16.1. The second-order valence-corrected chi connectivity index (χ2v) is 10.5. The maximum absolute atomic E-state index is 11.3. The van der Waals surface area contributed by atoms with E-state index in [0.29, 0.717) is 72.0 Å². The summed E-state index contributed by atoms with van der Waals surface area (Å²) in [6.07, 6.45) is 2.48. The van der Waals surface area contributed by atoms with Crippen molar-refractivity contribution in [1.29, 1.82) is 0 Å². The van der Waals surface area contributed by atoms with Crippen LogP contribution in [0.25, 0.3) is 0 Å². The summed E-state index contributed by atoms with van der Waals surface area (Å²) in [4.78, 5) is 97.0. The van der Waals surface area contributed by atoms with E-state index in [0.717, 1.165) is 6.42 Å². The van der Waals surface area contributed by atoms with Crippen LogP contribution < -0.4 is 10.6 Å². The average Bonchev–Trinajstić information content (AvgIpc) is 3.06. The summed E-state index contributed by atoms with van der Waals surface area (Å²) in [6, 6.07) is 0. The van der Waals surface area contributed by atoms with E-state index in [-0.39, 0.29) is 73.5 Å². The quantitative estimate of drug-likeness (QED) is 0.0521. The highest BCUT2D eigenvalue weighted by Crippen LogP contribution is 1.97. The Bertz CT molecular complexity index is 1030. The van der Waals surface area contributed by atoms with Crippen LogP contribution in [0.15, 0.2) is 0 Å². The normalized spacial score (nSPS) is 9.80. The van der Waals surface area contributed by atoms with Crippen LogP contribution in [0.5, 0.6) is 0 Å². The monoisotopic (exact) mass is 720 g/mol. The lowest BCUT2D eigenvalue weighted by atomic mass is 10.1. The molecule has 17 nitrogen and oxygen atoms in total. The number of nitrogens with one attached hydrogen (secondary N) is 2. The molecule has 0 bridgehead atoms. The Morgan fingerprint density at radius 1 is 0.420 bits per heavy atom. The summed E-state index contributed by atoms with van der Waals surface area (Å²) >= 11 is 0. The van der Waals surface area contributed by atoms with E-state index in [1.54, 1.807) is 6.92 Å². The van der Waals surface area contributed by atoms with E-state index in [4.69, 9.17) is 14.2 Å². The molecule has 17 heteroatoms. The van der Waals surface area contributed by atoms with Gasteiger partial charge in [-0.3, -0.25) is 28.8 Å². The molecule has 0 rings (SSSR count). The van der Waals surface area contributed by atoms with Crippen molar-refractivity contribution in [2.75, 3.05) is 74.1 Å². The van der Waals surface area contributed by atoms with Gasteiger partial charge in [-0.05, 0) is 33.6 Å². The predicted octanol–water partition coefficient (Wildman–Crippen LogP) is 0.998. The lowest BCUT2D eigenvalue weighted by Crippen LogP contribution is -2.29. The minimum atomic E-state index is -0.565. The number of rotatable bonds is 27. The number of carbonyl (C=O) groups excluding carboxylic acids is 9. The maximum Gasteiger partial charge on any atom is 0.315 e. The lowest BCUT2D eigenvalue weighted by Gasteiger charge is -2.07. The molecule has 0 unspecified atom stereocenters. The van der Waals surface area contributed by atoms with Crippen LogP contribution in [0.3, 0.4) is 0 Å². The van der Waals surface area contributed by atoms with E-state index in [9.17, 15) is 43.2 Å². The van der Waals surface area contributed by atoms with E-state index >= 15 is 0 Å². The number of Topliss-reactive ketones (excluding diaryl/α,β-unsaturated/α-hetero) is 4. The van der Waals surface area contributed by atoms with Gasteiger partial charge in [0.05, 0.1) is 54.2 Å². The SMILES string of the molecule is COC(=O)CC(=O)CCC(C)=O.COC(=O)CC(=O)NCCOCCCC(C)=O.COC(=O)CCC(=O)NCCOCCOCCCC(C)=O. The molecule has 0 saturated carbocycles. The van der Waals surface area contributed by atoms with Crippen molar-refractivity contribution >= 4 is 52.9 Å². The van der Waals surface area contributed by atoms with Gasteiger partial charge in [-0.15, -0.1) is 0 Å². The molecule has 0 spiro atoms. The molecule has 0 heterocycles. The summed E-state index contributed by atoms with van der Waals surface area (Å²) < 4.78 is 28.8. The van der Waals surface area contributed by atoms with Crippen LogP contribution in [-0.4, -0.2) is 127 Å². The van der Waals surface area contributed by atoms with E-state index in [1.807, 2.05) is 0 Å². The van der Waals surface area contributed by atoms with Gasteiger partial charge in [0.2, 0.25) is 11.8 Å². The van der Waals surface area contributed by atoms with Crippen molar-refractivity contribution in [2.45, 2.75) is 85.0 Å². The molecule has 0 aliphatic heterocycles. The number of amides is 2. The first-order valence-corrected chi connectivity index (χ1v) is 16.1. The molecule has 2 N–H and O–H groups in total. The third kappa shape index (κ3) is 43.9. The first-order chi connectivity index (χ1) is 23.7. The molecular weight excluding hydrogens is 664 g/mol. The molecule has 50 heavy (non-hydrogen) atoms. The number of ether oxygens (including phenoxy) is 6. The molecule has 2 amide bonds. The van der Waals surface area contributed by atoms with E-state index < -0.39 is 17.9 Å². The molecule has 0 saturated heterocycles. The van der Waals surface area contributed by atoms with Gasteiger partial charge in [0, 0.05) is 58.4 Å². The zero-order valence-electron chi connectivity index (χ0n) is 30.4. The average molecular weight is 721 g/mol. The fourth-order valence-corrected chi connectivity index (χ4v) is 3.10. The van der Waals surface area contributed by atoms with Crippen LogP contribution in [0, 0.1) is 0 Å². The molecule has 0 aromatic carbocycles. The smallest absolute Gasteiger partial charge is 0.315 e. The molecule has 0 radical (unpaired) electrons. The first kappa shape index (κ1) is 50.3. The Kier molecular flexibility index (Phi) is 36.4. The number of carbonyl (C=O) groups is 9. The highest BCUT2D eigenvalue weighted by molar-refractivity contribution is 5.97. The molecule has 0 aliphatic rings. The molecule has 0 aliphatic carbocycles. The van der Waals surface area contributed by atoms with Crippen LogP contribution in [0.4, 0.5) is 0 Å². The summed E-state index contributed by atoms with van der Waals surface area (Å²) in [5.41, 5.74) is 0. The summed E-state index contributed by atoms with van der Waals surface area (Å²) in [6.45, 7) is 7.94. The van der Waals surface area contributed by atoms with Gasteiger partial charge in [0.15, 0.2) is 0 Å². The molecule has 0 atom stereocenters. The second kappa shape index (κ2) is 36.2. The van der Waals surface area contributed by atoms with Crippen LogP contribution in [0.1, 0.15) is 85.0 Å². The van der Waals surface area contributed by atoms with E-state index in [1.165, 1.54) is 35.2 Å². The lowest BCUT2D eigenvalue weighted by molar-refractivity contribution is -0.145. The minimum Gasteiger partial charge on any atom is -0.469 e. The van der Waals surface area contributed by atoms with Gasteiger partial charge in [0.25, 0.3) is 0 Å². The number of hydrogen-bond acceptors (Lipinski definition) is 15. The van der Waals surface area contributed by atoms with Crippen LogP contribution in [0.2, 0.25) is 0 Å². The highest BCUT2D eigenvalue weighted by Gasteiger charge is 2.10. The molecule has 0 aromatic heterocycles. The number of ketones is 4. The number of hydrogen-bond donors (Lipinski definition) is 2. The zero-order valence-corrected chi connectivity index (χ0v) is 30.4. The Morgan fingerprint density at radius 3 is 1.30 bits per heavy atom. The summed E-state index contributed by atoms with van der Waals surface area (Å²) in [5, 5.41) is 5.15. The zero-order chi connectivity index (χ0) is 38.6. The number of esters is 3. The summed E-state index contributed by atoms with van der Waals surface area (Å²) in [7, 11) is 3.74. The van der Waals surface area contributed by atoms with Crippen molar-refractivity contribution < 1.29 is 71.6 Å². The molecule has 288 valence electrons. The number of methoxy groups -OCH3 is 3. The molecule has 0 aromatic rings. The van der Waals surface area contributed by atoms with Crippen molar-refractivity contribution in [3.05, 3.63) is 0 Å². The Morgan fingerprint density at radius 2 is 0.840 bits per heavy atom. The molecule has 0 fully saturated rings. The second-order valence-electron chi connectivity index (χ2n) is 10.5. The van der Waals surface area contributed by atoms with Crippen molar-refractivity contribution in [2.24, 2.45) is 0 Å². The fourth-order valence-electron chi connectivity index (χ4n) is 3.10. The van der Waals surface area contributed by atoms with Crippen molar-refractivity contribution in [3.63, 3.8) is 0 Å². The third-order valence-electron chi connectivity index (χ3n) is 5.79. The third-order valence-corrected chi connectivity index (χ3v) is 5.79.